The molecule has 0 aliphatic carbocycles. The predicted molar refractivity (Wildman–Crippen MR) is 70.8 cm³/mol. The van der Waals surface area contributed by atoms with Crippen molar-refractivity contribution < 1.29 is 4.79 Å². The largest absolute Gasteiger partial charge is 0.396 e. The summed E-state index contributed by atoms with van der Waals surface area (Å²) < 4.78 is 0.844. The minimum absolute atomic E-state index is 0.103. The average Bonchev–Trinajstić information content (AvgIpc) is 2.42. The number of nitrogen functional groups attached to an aromatic ring is 1. The zero-order valence-corrected chi connectivity index (χ0v) is 11.3. The van der Waals surface area contributed by atoms with Gasteiger partial charge in [-0.15, -0.1) is 0 Å². The lowest BCUT2D eigenvalue weighted by Crippen LogP contribution is -2.35. The van der Waals surface area contributed by atoms with Crippen molar-refractivity contribution in [2.24, 2.45) is 0 Å². The van der Waals surface area contributed by atoms with Crippen LogP contribution in [0.15, 0.2) is 16.7 Å². The monoisotopic (exact) mass is 298 g/mol. The highest BCUT2D eigenvalue weighted by atomic mass is 79.9. The van der Waals surface area contributed by atoms with Gasteiger partial charge in [0.1, 0.15) is 0 Å². The van der Waals surface area contributed by atoms with Gasteiger partial charge in [0.2, 0.25) is 5.91 Å². The van der Waals surface area contributed by atoms with Crippen LogP contribution in [0.25, 0.3) is 0 Å². The van der Waals surface area contributed by atoms with Crippen molar-refractivity contribution in [3.8, 4) is 0 Å². The van der Waals surface area contributed by atoms with Crippen LogP contribution in [-0.2, 0) is 4.79 Å². The van der Waals surface area contributed by atoms with E-state index in [1.54, 1.807) is 17.2 Å². The third-order valence-electron chi connectivity index (χ3n) is 2.83. The van der Waals surface area contributed by atoms with E-state index in [0.29, 0.717) is 18.1 Å². The van der Waals surface area contributed by atoms with E-state index in [1.165, 1.54) is 0 Å². The van der Waals surface area contributed by atoms with E-state index in [0.717, 1.165) is 24.0 Å². The van der Waals surface area contributed by atoms with E-state index < -0.39 is 0 Å². The lowest BCUT2D eigenvalue weighted by atomic mass is 10.3. The number of nitrogens with two attached hydrogens (primary N) is 1. The van der Waals surface area contributed by atoms with Gasteiger partial charge in [0.15, 0.2) is 5.82 Å². The Morgan fingerprint density at radius 3 is 2.94 bits per heavy atom. The number of nitrogens with zero attached hydrogens (tertiary/aromatic N) is 3. The van der Waals surface area contributed by atoms with Gasteiger partial charge in [-0.25, -0.2) is 4.98 Å². The minimum Gasteiger partial charge on any atom is -0.396 e. The van der Waals surface area contributed by atoms with Gasteiger partial charge in [0, 0.05) is 30.8 Å². The van der Waals surface area contributed by atoms with E-state index in [9.17, 15) is 4.79 Å². The topological polar surface area (TPSA) is 62.5 Å². The minimum atomic E-state index is 0.103. The number of likely N-dealkylation sites (N-methyl/N-ethyl adjacent to an activating group) is 1. The Bertz CT molecular complexity index is 437. The van der Waals surface area contributed by atoms with Crippen molar-refractivity contribution in [2.45, 2.75) is 6.42 Å². The fraction of sp³-hybridized carbons (Fsp3) is 0.455. The Kier molecular flexibility index (Phi) is 3.51. The second-order valence-corrected chi connectivity index (χ2v) is 5.07. The van der Waals surface area contributed by atoms with Gasteiger partial charge in [-0.2, -0.15) is 0 Å². The third-order valence-corrected chi connectivity index (χ3v) is 3.27. The van der Waals surface area contributed by atoms with Gasteiger partial charge in [0.25, 0.3) is 0 Å². The molecule has 17 heavy (non-hydrogen) atoms. The van der Waals surface area contributed by atoms with Crippen LogP contribution in [0.5, 0.6) is 0 Å². The summed E-state index contributed by atoms with van der Waals surface area (Å²) >= 11 is 3.32. The molecule has 1 aliphatic heterocycles. The number of amides is 1. The first-order chi connectivity index (χ1) is 8.08. The number of carbonyl (C=O) groups excluding carboxylic acids is 1. The van der Waals surface area contributed by atoms with Crippen molar-refractivity contribution >= 4 is 33.3 Å². The van der Waals surface area contributed by atoms with Crippen LogP contribution in [0.3, 0.4) is 0 Å². The molecule has 2 rings (SSSR count). The zero-order chi connectivity index (χ0) is 12.4. The second-order valence-electron chi connectivity index (χ2n) is 4.16. The molecule has 1 aromatic heterocycles. The summed E-state index contributed by atoms with van der Waals surface area (Å²) in [5.74, 6) is 0.795. The molecule has 5 nitrogen and oxygen atoms in total. The molecule has 0 aromatic carbocycles. The standard InChI is InChI=1S/C11H15BrN4O/c1-15-3-2-4-16(7-10(15)17)11-9(13)5-8(12)6-14-11/h5-6H,2-4,7,13H2,1H3. The van der Waals surface area contributed by atoms with Gasteiger partial charge < -0.3 is 15.5 Å². The molecule has 0 saturated carbocycles. The van der Waals surface area contributed by atoms with Crippen molar-refractivity contribution in [3.63, 3.8) is 0 Å². The molecule has 0 atom stereocenters. The highest BCUT2D eigenvalue weighted by Gasteiger charge is 2.21. The number of anilines is 2. The maximum absolute atomic E-state index is 11.8. The van der Waals surface area contributed by atoms with Crippen molar-refractivity contribution in [3.05, 3.63) is 16.7 Å². The van der Waals surface area contributed by atoms with Crippen LogP contribution < -0.4 is 10.6 Å². The number of rotatable bonds is 1. The number of carbonyl (C=O) groups is 1. The number of pyridine rings is 1. The van der Waals surface area contributed by atoms with Gasteiger partial charge in [-0.1, -0.05) is 0 Å². The Hall–Kier alpha value is -1.30. The molecule has 6 heteroatoms. The fourth-order valence-electron chi connectivity index (χ4n) is 1.88. The lowest BCUT2D eigenvalue weighted by molar-refractivity contribution is -0.127. The summed E-state index contributed by atoms with van der Waals surface area (Å²) in [6.45, 7) is 1.93. The molecule has 1 fully saturated rings. The summed E-state index contributed by atoms with van der Waals surface area (Å²) in [5.41, 5.74) is 6.52. The van der Waals surface area contributed by atoms with Crippen LogP contribution in [0.4, 0.5) is 11.5 Å². The summed E-state index contributed by atoms with van der Waals surface area (Å²) in [7, 11) is 1.82. The predicted octanol–water partition coefficient (Wildman–Crippen LogP) is 1.09. The maximum Gasteiger partial charge on any atom is 0.241 e. The molecule has 1 amide bonds. The first kappa shape index (κ1) is 12.2. The Labute approximate surface area is 109 Å². The van der Waals surface area contributed by atoms with Crippen LogP contribution in [0, 0.1) is 0 Å². The molecule has 2 N–H and O–H groups in total. The second kappa shape index (κ2) is 4.91. The average molecular weight is 299 g/mol. The molecule has 1 aromatic rings. The quantitative estimate of drug-likeness (QED) is 0.843. The highest BCUT2D eigenvalue weighted by molar-refractivity contribution is 9.10. The van der Waals surface area contributed by atoms with Gasteiger partial charge >= 0.3 is 0 Å². The summed E-state index contributed by atoms with van der Waals surface area (Å²) in [6.07, 6.45) is 2.63. The van der Waals surface area contributed by atoms with Gasteiger partial charge in [-0.3, -0.25) is 4.79 Å². The lowest BCUT2D eigenvalue weighted by Gasteiger charge is -2.22. The van der Waals surface area contributed by atoms with Gasteiger partial charge in [-0.05, 0) is 28.4 Å². The SMILES string of the molecule is CN1CCCN(c2ncc(Br)cc2N)CC1=O. The molecule has 1 saturated heterocycles. The maximum atomic E-state index is 11.8. The molecule has 92 valence electrons. The molecular weight excluding hydrogens is 284 g/mol. The highest BCUT2D eigenvalue weighted by Crippen LogP contribution is 2.24. The van der Waals surface area contributed by atoms with Crippen LogP contribution in [0.2, 0.25) is 0 Å². The van der Waals surface area contributed by atoms with Crippen molar-refractivity contribution in [1.29, 1.82) is 0 Å². The number of hydrogen-bond acceptors (Lipinski definition) is 4. The zero-order valence-electron chi connectivity index (χ0n) is 9.69. The van der Waals surface area contributed by atoms with Crippen LogP contribution >= 0.6 is 15.9 Å². The normalized spacial score (nSPS) is 17.2. The Balaban J connectivity index is 2.24. The first-order valence-corrected chi connectivity index (χ1v) is 6.27. The molecule has 0 unspecified atom stereocenters. The molecule has 1 aliphatic rings. The van der Waals surface area contributed by atoms with Crippen LogP contribution in [0.1, 0.15) is 6.42 Å². The molecule has 0 spiro atoms. The molecule has 0 bridgehead atoms. The van der Waals surface area contributed by atoms with E-state index >= 15 is 0 Å². The molecule has 2 heterocycles. The number of halogens is 1. The number of aromatic nitrogens is 1. The van der Waals surface area contributed by atoms with Crippen LogP contribution in [-0.4, -0.2) is 42.5 Å². The summed E-state index contributed by atoms with van der Waals surface area (Å²) in [5, 5.41) is 0. The number of hydrogen-bond donors (Lipinski definition) is 1. The Morgan fingerprint density at radius 1 is 1.47 bits per heavy atom. The molecular formula is C11H15BrN4O. The van der Waals surface area contributed by atoms with E-state index in [4.69, 9.17) is 5.73 Å². The summed E-state index contributed by atoms with van der Waals surface area (Å²) in [6, 6.07) is 1.81. The fourth-order valence-corrected chi connectivity index (χ4v) is 2.23. The third kappa shape index (κ3) is 2.69. The molecule has 0 radical (unpaired) electrons. The van der Waals surface area contributed by atoms with Crippen molar-refractivity contribution in [2.75, 3.05) is 37.3 Å². The summed E-state index contributed by atoms with van der Waals surface area (Å²) in [4.78, 5) is 19.8. The smallest absolute Gasteiger partial charge is 0.241 e. The van der Waals surface area contributed by atoms with E-state index in [2.05, 4.69) is 20.9 Å². The van der Waals surface area contributed by atoms with Gasteiger partial charge in [0.05, 0.1) is 12.2 Å². The van der Waals surface area contributed by atoms with E-state index in [-0.39, 0.29) is 5.91 Å². The van der Waals surface area contributed by atoms with Crippen molar-refractivity contribution in [1.82, 2.24) is 9.88 Å². The van der Waals surface area contributed by atoms with E-state index in [1.807, 2.05) is 11.9 Å². The first-order valence-electron chi connectivity index (χ1n) is 5.48. The Morgan fingerprint density at radius 2 is 2.24 bits per heavy atom.